The van der Waals surface area contributed by atoms with Crippen molar-refractivity contribution in [2.45, 2.75) is 19.3 Å². The van der Waals surface area contributed by atoms with Gasteiger partial charge in [0, 0.05) is 28.9 Å². The van der Waals surface area contributed by atoms with E-state index in [4.69, 9.17) is 14.2 Å². The Kier molecular flexibility index (Phi) is 7.67. The summed E-state index contributed by atoms with van der Waals surface area (Å²) in [5.74, 6) is 1.67. The number of carbonyl (C=O) groups is 1. The van der Waals surface area contributed by atoms with Crippen LogP contribution in [0.2, 0.25) is 0 Å². The minimum absolute atomic E-state index is 0.0277. The molecule has 4 aromatic rings. The number of methoxy groups -OCH3 is 2. The van der Waals surface area contributed by atoms with Crippen molar-refractivity contribution in [3.8, 4) is 23.0 Å². The van der Waals surface area contributed by atoms with Crippen molar-refractivity contribution in [1.29, 1.82) is 0 Å². The Hall–Kier alpha value is -4.68. The zero-order valence-corrected chi connectivity index (χ0v) is 21.1. The maximum Gasteiger partial charge on any atom is 0.416 e. The van der Waals surface area contributed by atoms with Gasteiger partial charge in [0.2, 0.25) is 0 Å². The number of nitrogens with zero attached hydrogens (tertiary/aromatic N) is 1. The Morgan fingerprint density at radius 1 is 0.750 bits per heavy atom. The molecule has 0 fully saturated rings. The standard InChI is InChI=1S/C27H21F6N3O4/c1-14-22(7-15-8-23(38-2)24(39-3)13-21(15)34-14)40-20-6-4-5-18(12-20)35-25(37)36-19-10-16(26(28,29)30)9-17(11-19)27(31,32)33/h4-13H,1-3H3,(H2,35,36,37). The molecule has 1 aromatic heterocycles. The monoisotopic (exact) mass is 565 g/mol. The average Bonchev–Trinajstić information content (AvgIpc) is 2.87. The normalized spacial score (nSPS) is 11.7. The molecule has 0 bridgehead atoms. The molecule has 2 amide bonds. The van der Waals surface area contributed by atoms with Crippen molar-refractivity contribution >= 4 is 28.3 Å². The summed E-state index contributed by atoms with van der Waals surface area (Å²) in [6.07, 6.45) is -10.1. The van der Waals surface area contributed by atoms with Crippen LogP contribution in [-0.4, -0.2) is 25.2 Å². The van der Waals surface area contributed by atoms with Gasteiger partial charge >= 0.3 is 18.4 Å². The third kappa shape index (κ3) is 6.47. The number of hydrogen-bond donors (Lipinski definition) is 2. The maximum atomic E-state index is 13.1. The highest BCUT2D eigenvalue weighted by atomic mass is 19.4. The molecule has 0 aliphatic carbocycles. The lowest BCUT2D eigenvalue weighted by atomic mass is 10.1. The summed E-state index contributed by atoms with van der Waals surface area (Å²) in [6, 6.07) is 10.9. The van der Waals surface area contributed by atoms with Crippen molar-refractivity contribution in [2.75, 3.05) is 24.9 Å². The molecule has 3 aromatic carbocycles. The van der Waals surface area contributed by atoms with Crippen molar-refractivity contribution in [3.63, 3.8) is 0 Å². The fourth-order valence-corrected chi connectivity index (χ4v) is 3.77. The zero-order chi connectivity index (χ0) is 29.2. The molecule has 0 saturated heterocycles. The molecular weight excluding hydrogens is 544 g/mol. The first-order valence-electron chi connectivity index (χ1n) is 11.5. The third-order valence-corrected chi connectivity index (χ3v) is 5.63. The van der Waals surface area contributed by atoms with Crippen LogP contribution in [0.1, 0.15) is 16.8 Å². The molecule has 0 aliphatic heterocycles. The molecule has 7 nitrogen and oxygen atoms in total. The molecule has 40 heavy (non-hydrogen) atoms. The van der Waals surface area contributed by atoms with Crippen molar-refractivity contribution < 1.29 is 45.3 Å². The van der Waals surface area contributed by atoms with Crippen LogP contribution < -0.4 is 24.8 Å². The number of benzene rings is 3. The number of carbonyl (C=O) groups excluding carboxylic acids is 1. The van der Waals surface area contributed by atoms with E-state index < -0.39 is 35.2 Å². The van der Waals surface area contributed by atoms with E-state index in [0.717, 1.165) is 0 Å². The van der Waals surface area contributed by atoms with E-state index in [1.165, 1.54) is 32.4 Å². The molecule has 0 unspecified atom stereocenters. The van der Waals surface area contributed by atoms with Crippen molar-refractivity contribution in [2.24, 2.45) is 0 Å². The minimum atomic E-state index is -5.05. The predicted molar refractivity (Wildman–Crippen MR) is 135 cm³/mol. The van der Waals surface area contributed by atoms with Gasteiger partial charge < -0.3 is 24.8 Å². The lowest BCUT2D eigenvalue weighted by Crippen LogP contribution is -2.20. The summed E-state index contributed by atoms with van der Waals surface area (Å²) < 4.78 is 95.2. The highest BCUT2D eigenvalue weighted by molar-refractivity contribution is 6.00. The van der Waals surface area contributed by atoms with Gasteiger partial charge in [-0.25, -0.2) is 9.78 Å². The minimum Gasteiger partial charge on any atom is -0.493 e. The SMILES string of the molecule is COc1cc2cc(Oc3cccc(NC(=O)Nc4cc(C(F)(F)F)cc(C(F)(F)F)c4)c3)c(C)nc2cc1OC. The van der Waals surface area contributed by atoms with E-state index >= 15 is 0 Å². The molecule has 0 radical (unpaired) electrons. The van der Waals surface area contributed by atoms with E-state index in [-0.39, 0.29) is 17.5 Å². The van der Waals surface area contributed by atoms with Gasteiger partial charge in [-0.1, -0.05) is 6.07 Å². The van der Waals surface area contributed by atoms with Crippen LogP contribution in [0.25, 0.3) is 10.9 Å². The molecule has 210 valence electrons. The topological polar surface area (TPSA) is 81.7 Å². The van der Waals surface area contributed by atoms with Gasteiger partial charge in [-0.2, -0.15) is 26.3 Å². The van der Waals surface area contributed by atoms with Gasteiger partial charge in [0.05, 0.1) is 36.6 Å². The van der Waals surface area contributed by atoms with Gasteiger partial charge in [-0.15, -0.1) is 0 Å². The van der Waals surface area contributed by atoms with Crippen LogP contribution >= 0.6 is 0 Å². The van der Waals surface area contributed by atoms with Gasteiger partial charge in [0.15, 0.2) is 11.5 Å². The molecule has 0 saturated carbocycles. The largest absolute Gasteiger partial charge is 0.493 e. The Bertz CT molecular complexity index is 1540. The first-order chi connectivity index (χ1) is 18.8. The number of pyridine rings is 1. The van der Waals surface area contributed by atoms with E-state index in [2.05, 4.69) is 10.3 Å². The molecule has 2 N–H and O–H groups in total. The Morgan fingerprint density at radius 3 is 1.93 bits per heavy atom. The van der Waals surface area contributed by atoms with E-state index in [1.807, 2.05) is 5.32 Å². The lowest BCUT2D eigenvalue weighted by molar-refractivity contribution is -0.143. The van der Waals surface area contributed by atoms with Crippen LogP contribution in [-0.2, 0) is 12.4 Å². The first-order valence-corrected chi connectivity index (χ1v) is 11.5. The molecule has 0 aliphatic rings. The van der Waals surface area contributed by atoms with Crippen LogP contribution in [0, 0.1) is 6.92 Å². The molecular formula is C27H21F6N3O4. The molecule has 1 heterocycles. The van der Waals surface area contributed by atoms with E-state index in [1.54, 1.807) is 31.2 Å². The quantitative estimate of drug-likeness (QED) is 0.231. The first kappa shape index (κ1) is 28.3. The Balaban J connectivity index is 1.53. The summed E-state index contributed by atoms with van der Waals surface area (Å²) in [6.45, 7) is 1.73. The van der Waals surface area contributed by atoms with E-state index in [0.29, 0.717) is 46.0 Å². The van der Waals surface area contributed by atoms with Crippen LogP contribution in [0.3, 0.4) is 0 Å². The van der Waals surface area contributed by atoms with Crippen LogP contribution in [0.5, 0.6) is 23.0 Å². The van der Waals surface area contributed by atoms with Gasteiger partial charge in [0.25, 0.3) is 0 Å². The van der Waals surface area contributed by atoms with E-state index in [9.17, 15) is 31.1 Å². The predicted octanol–water partition coefficient (Wildman–Crippen LogP) is 8.03. The highest BCUT2D eigenvalue weighted by Gasteiger charge is 2.37. The van der Waals surface area contributed by atoms with Gasteiger partial charge in [-0.3, -0.25) is 0 Å². The van der Waals surface area contributed by atoms with Crippen molar-refractivity contribution in [1.82, 2.24) is 4.98 Å². The number of ether oxygens (including phenoxy) is 3. The second kappa shape index (κ2) is 10.8. The van der Waals surface area contributed by atoms with Crippen LogP contribution in [0.15, 0.2) is 60.7 Å². The zero-order valence-electron chi connectivity index (χ0n) is 21.1. The summed E-state index contributed by atoms with van der Waals surface area (Å²) in [7, 11) is 3.01. The Labute approximate surface area is 223 Å². The number of aryl methyl sites for hydroxylation is 1. The number of anilines is 2. The summed E-state index contributed by atoms with van der Waals surface area (Å²) in [5, 5.41) is 5.08. The molecule has 0 atom stereocenters. The summed E-state index contributed by atoms with van der Waals surface area (Å²) in [5.41, 5.74) is -2.45. The summed E-state index contributed by atoms with van der Waals surface area (Å²) in [4.78, 5) is 17.0. The number of halogens is 6. The molecule has 13 heteroatoms. The Morgan fingerprint density at radius 2 is 1.32 bits per heavy atom. The number of urea groups is 1. The number of fused-ring (bicyclic) bond motifs is 1. The second-order valence-electron chi connectivity index (χ2n) is 8.48. The average molecular weight is 565 g/mol. The fourth-order valence-electron chi connectivity index (χ4n) is 3.77. The molecule has 4 rings (SSSR count). The number of amides is 2. The van der Waals surface area contributed by atoms with Gasteiger partial charge in [-0.05, 0) is 49.4 Å². The highest BCUT2D eigenvalue weighted by Crippen LogP contribution is 2.38. The fraction of sp³-hybridized carbons (Fsp3) is 0.185. The third-order valence-electron chi connectivity index (χ3n) is 5.63. The van der Waals surface area contributed by atoms with Crippen molar-refractivity contribution in [3.05, 3.63) is 77.5 Å². The summed E-state index contributed by atoms with van der Waals surface area (Å²) >= 11 is 0. The number of hydrogen-bond acceptors (Lipinski definition) is 5. The molecule has 0 spiro atoms. The van der Waals surface area contributed by atoms with Crippen LogP contribution in [0.4, 0.5) is 42.5 Å². The smallest absolute Gasteiger partial charge is 0.416 e. The van der Waals surface area contributed by atoms with Gasteiger partial charge in [0.1, 0.15) is 11.5 Å². The number of aromatic nitrogens is 1. The maximum absolute atomic E-state index is 13.1. The lowest BCUT2D eigenvalue weighted by Gasteiger charge is -2.15. The second-order valence-corrected chi connectivity index (χ2v) is 8.48. The number of nitrogens with one attached hydrogen (secondary N) is 2. The number of alkyl halides is 6. The number of rotatable bonds is 6.